The molecular formula is C15H29NO. The zero-order valence-electron chi connectivity index (χ0n) is 11.5. The van der Waals surface area contributed by atoms with Crippen molar-refractivity contribution in [3.8, 4) is 0 Å². The first-order chi connectivity index (χ1) is 8.35. The normalized spacial score (nSPS) is 26.6. The molecule has 1 N–H and O–H groups in total. The third-order valence-electron chi connectivity index (χ3n) is 4.48. The smallest absolute Gasteiger partial charge is 0.0809 e. The lowest BCUT2D eigenvalue weighted by atomic mass is 9.91. The molecule has 0 atom stereocenters. The Morgan fingerprint density at radius 3 is 2.12 bits per heavy atom. The van der Waals surface area contributed by atoms with E-state index in [1.165, 1.54) is 70.6 Å². The largest absolute Gasteiger partial charge is 0.370 e. The van der Waals surface area contributed by atoms with Gasteiger partial charge in [-0.25, -0.2) is 0 Å². The Labute approximate surface area is 107 Å². The van der Waals surface area contributed by atoms with E-state index in [1.54, 1.807) is 0 Å². The molecule has 0 aromatic heterocycles. The van der Waals surface area contributed by atoms with Crippen LogP contribution < -0.4 is 5.32 Å². The monoisotopic (exact) mass is 239 g/mol. The highest BCUT2D eigenvalue weighted by Crippen LogP contribution is 2.34. The second kappa shape index (κ2) is 6.75. The van der Waals surface area contributed by atoms with Gasteiger partial charge in [-0.3, -0.25) is 0 Å². The van der Waals surface area contributed by atoms with Gasteiger partial charge in [0, 0.05) is 6.54 Å². The summed E-state index contributed by atoms with van der Waals surface area (Å²) in [5.74, 6) is 0. The number of likely N-dealkylation sites (N-methyl/N-ethyl adjacent to an activating group) is 1. The maximum atomic E-state index is 6.58. The summed E-state index contributed by atoms with van der Waals surface area (Å²) in [5, 5.41) is 3.37. The molecule has 0 unspecified atom stereocenters. The molecular weight excluding hydrogens is 210 g/mol. The lowest BCUT2D eigenvalue weighted by Gasteiger charge is -2.38. The Kier molecular flexibility index (Phi) is 5.30. The average Bonchev–Trinajstić information content (AvgIpc) is 2.57. The molecule has 0 aromatic carbocycles. The molecule has 0 aromatic rings. The van der Waals surface area contributed by atoms with Crippen molar-refractivity contribution in [2.24, 2.45) is 0 Å². The Morgan fingerprint density at radius 2 is 1.53 bits per heavy atom. The van der Waals surface area contributed by atoms with Crippen molar-refractivity contribution in [2.45, 2.75) is 82.3 Å². The van der Waals surface area contributed by atoms with Crippen LogP contribution in [0.15, 0.2) is 0 Å². The van der Waals surface area contributed by atoms with E-state index in [-0.39, 0.29) is 5.60 Å². The number of rotatable bonds is 4. The Bertz CT molecular complexity index is 203. The minimum Gasteiger partial charge on any atom is -0.370 e. The zero-order valence-corrected chi connectivity index (χ0v) is 11.5. The second-order valence-corrected chi connectivity index (χ2v) is 6.01. The highest BCUT2D eigenvalue weighted by atomic mass is 16.5. The molecule has 0 heterocycles. The molecule has 0 amide bonds. The van der Waals surface area contributed by atoms with Crippen molar-refractivity contribution in [2.75, 3.05) is 13.6 Å². The van der Waals surface area contributed by atoms with Crippen LogP contribution in [-0.4, -0.2) is 25.3 Å². The maximum Gasteiger partial charge on any atom is 0.0809 e. The summed E-state index contributed by atoms with van der Waals surface area (Å²) in [6.45, 7) is 1.05. The SMILES string of the molecule is CNCC1(OC2CCCCC2)CCCCCC1. The molecule has 2 aliphatic carbocycles. The van der Waals surface area contributed by atoms with Gasteiger partial charge in [0.2, 0.25) is 0 Å². The third-order valence-corrected chi connectivity index (χ3v) is 4.48. The molecule has 2 aliphatic rings. The van der Waals surface area contributed by atoms with Crippen molar-refractivity contribution < 1.29 is 4.74 Å². The van der Waals surface area contributed by atoms with Gasteiger partial charge in [-0.2, -0.15) is 0 Å². The first kappa shape index (κ1) is 13.4. The summed E-state index contributed by atoms with van der Waals surface area (Å²) in [7, 11) is 2.07. The predicted octanol–water partition coefficient (Wildman–Crippen LogP) is 3.65. The topological polar surface area (TPSA) is 21.3 Å². The number of nitrogens with one attached hydrogen (secondary N) is 1. The van der Waals surface area contributed by atoms with Gasteiger partial charge in [0.15, 0.2) is 0 Å². The lowest BCUT2D eigenvalue weighted by molar-refractivity contribution is -0.111. The van der Waals surface area contributed by atoms with Gasteiger partial charge in [-0.05, 0) is 32.7 Å². The van der Waals surface area contributed by atoms with Crippen molar-refractivity contribution in [3.05, 3.63) is 0 Å². The quantitative estimate of drug-likeness (QED) is 0.756. The standard InChI is InChI=1S/C15H29NO/c1-16-13-15(11-7-2-3-8-12-15)17-14-9-5-4-6-10-14/h14,16H,2-13H2,1H3. The van der Waals surface area contributed by atoms with Crippen LogP contribution in [0.2, 0.25) is 0 Å². The van der Waals surface area contributed by atoms with Crippen LogP contribution in [0, 0.1) is 0 Å². The van der Waals surface area contributed by atoms with E-state index >= 15 is 0 Å². The predicted molar refractivity (Wildman–Crippen MR) is 72.3 cm³/mol. The molecule has 0 spiro atoms. The van der Waals surface area contributed by atoms with Crippen LogP contribution in [0.5, 0.6) is 0 Å². The molecule has 17 heavy (non-hydrogen) atoms. The zero-order chi connectivity index (χ0) is 12.0. The number of hydrogen-bond acceptors (Lipinski definition) is 2. The molecule has 2 nitrogen and oxygen atoms in total. The van der Waals surface area contributed by atoms with Crippen molar-refractivity contribution >= 4 is 0 Å². The van der Waals surface area contributed by atoms with Crippen LogP contribution in [0.3, 0.4) is 0 Å². The van der Waals surface area contributed by atoms with E-state index in [0.717, 1.165) is 6.54 Å². The van der Waals surface area contributed by atoms with Crippen molar-refractivity contribution in [1.29, 1.82) is 0 Å². The fourth-order valence-corrected chi connectivity index (χ4v) is 3.57. The van der Waals surface area contributed by atoms with Gasteiger partial charge in [-0.15, -0.1) is 0 Å². The Hall–Kier alpha value is -0.0800. The average molecular weight is 239 g/mol. The minimum atomic E-state index is 0.160. The van der Waals surface area contributed by atoms with Gasteiger partial charge in [0.25, 0.3) is 0 Å². The highest BCUT2D eigenvalue weighted by Gasteiger charge is 2.34. The fourth-order valence-electron chi connectivity index (χ4n) is 3.57. The van der Waals surface area contributed by atoms with Gasteiger partial charge in [0.05, 0.1) is 11.7 Å². The van der Waals surface area contributed by atoms with E-state index in [9.17, 15) is 0 Å². The van der Waals surface area contributed by atoms with Crippen LogP contribution in [-0.2, 0) is 4.74 Å². The molecule has 2 saturated carbocycles. The van der Waals surface area contributed by atoms with Gasteiger partial charge < -0.3 is 10.1 Å². The van der Waals surface area contributed by atoms with E-state index in [2.05, 4.69) is 12.4 Å². The van der Waals surface area contributed by atoms with Crippen LogP contribution in [0.4, 0.5) is 0 Å². The minimum absolute atomic E-state index is 0.160. The summed E-state index contributed by atoms with van der Waals surface area (Å²) in [6.07, 6.45) is 15.4. The molecule has 2 rings (SSSR count). The van der Waals surface area contributed by atoms with E-state index < -0.39 is 0 Å². The lowest BCUT2D eigenvalue weighted by Crippen LogP contribution is -2.44. The molecule has 2 heteroatoms. The molecule has 100 valence electrons. The molecule has 2 fully saturated rings. The second-order valence-electron chi connectivity index (χ2n) is 6.01. The van der Waals surface area contributed by atoms with Gasteiger partial charge >= 0.3 is 0 Å². The van der Waals surface area contributed by atoms with Gasteiger partial charge in [0.1, 0.15) is 0 Å². The fraction of sp³-hybridized carbons (Fsp3) is 1.00. The summed E-state index contributed by atoms with van der Waals surface area (Å²) >= 11 is 0. The first-order valence-corrected chi connectivity index (χ1v) is 7.67. The molecule has 0 bridgehead atoms. The molecule has 0 saturated heterocycles. The van der Waals surface area contributed by atoms with E-state index in [0.29, 0.717) is 6.10 Å². The van der Waals surface area contributed by atoms with Crippen molar-refractivity contribution in [1.82, 2.24) is 5.32 Å². The Balaban J connectivity index is 1.93. The van der Waals surface area contributed by atoms with E-state index in [4.69, 9.17) is 4.74 Å². The summed E-state index contributed by atoms with van der Waals surface area (Å²) in [4.78, 5) is 0. The van der Waals surface area contributed by atoms with Crippen LogP contribution in [0.1, 0.15) is 70.6 Å². The highest BCUT2D eigenvalue weighted by molar-refractivity contribution is 4.87. The summed E-state index contributed by atoms with van der Waals surface area (Å²) < 4.78 is 6.58. The summed E-state index contributed by atoms with van der Waals surface area (Å²) in [5.41, 5.74) is 0.160. The molecule has 0 radical (unpaired) electrons. The van der Waals surface area contributed by atoms with Crippen LogP contribution in [0.25, 0.3) is 0 Å². The van der Waals surface area contributed by atoms with Crippen LogP contribution >= 0.6 is 0 Å². The first-order valence-electron chi connectivity index (χ1n) is 7.67. The van der Waals surface area contributed by atoms with E-state index in [1.807, 2.05) is 0 Å². The van der Waals surface area contributed by atoms with Gasteiger partial charge in [-0.1, -0.05) is 44.9 Å². The van der Waals surface area contributed by atoms with Crippen molar-refractivity contribution in [3.63, 3.8) is 0 Å². The number of hydrogen-bond donors (Lipinski definition) is 1. The maximum absolute atomic E-state index is 6.58. The summed E-state index contributed by atoms with van der Waals surface area (Å²) in [6, 6.07) is 0. The molecule has 0 aliphatic heterocycles. The number of ether oxygens (including phenoxy) is 1. The third kappa shape index (κ3) is 3.96. The Morgan fingerprint density at radius 1 is 0.941 bits per heavy atom.